The average Bonchev–Trinajstić information content (AvgIpc) is 3.06. The Hall–Kier alpha value is -3.01. The molecule has 0 radical (unpaired) electrons. The minimum absolute atomic E-state index is 0.0461. The van der Waals surface area contributed by atoms with Crippen molar-refractivity contribution in [3.05, 3.63) is 10.1 Å². The van der Waals surface area contributed by atoms with Crippen LogP contribution in [0.25, 0.3) is 0 Å². The van der Waals surface area contributed by atoms with E-state index in [1.165, 1.54) is 6.92 Å². The van der Waals surface area contributed by atoms with Gasteiger partial charge in [0.15, 0.2) is 5.03 Å². The monoisotopic (exact) mass is 443 g/mol. The lowest BCUT2D eigenvalue weighted by Gasteiger charge is -2.16. The van der Waals surface area contributed by atoms with Crippen molar-refractivity contribution in [2.75, 3.05) is 13.1 Å². The molecule has 16 heteroatoms. The van der Waals surface area contributed by atoms with E-state index in [-0.39, 0.29) is 36.3 Å². The highest BCUT2D eigenvalue weighted by Crippen LogP contribution is 2.13. The fourth-order valence-electron chi connectivity index (χ4n) is 2.23. The Morgan fingerprint density at radius 2 is 1.97 bits per heavy atom. The summed E-state index contributed by atoms with van der Waals surface area (Å²) in [6, 6.07) is -1.03. The lowest BCUT2D eigenvalue weighted by Crippen LogP contribution is -2.46. The first-order valence-corrected chi connectivity index (χ1v) is 8.54. The third-order valence-electron chi connectivity index (χ3n) is 3.71. The van der Waals surface area contributed by atoms with Gasteiger partial charge in [0, 0.05) is 19.1 Å². The number of aliphatic carboxylic acids is 1. The van der Waals surface area contributed by atoms with Crippen LogP contribution in [0.5, 0.6) is 0 Å². The van der Waals surface area contributed by atoms with Gasteiger partial charge in [0.25, 0.3) is 5.96 Å². The van der Waals surface area contributed by atoms with Gasteiger partial charge in [0.2, 0.25) is 5.91 Å². The third kappa shape index (κ3) is 11.7. The zero-order chi connectivity index (χ0) is 23.5. The number of nitrogens with one attached hydrogen (secondary N) is 3. The summed E-state index contributed by atoms with van der Waals surface area (Å²) in [5, 5.41) is 22.3. The van der Waals surface area contributed by atoms with Gasteiger partial charge in [-0.25, -0.2) is 19.9 Å². The number of hydrogen-bond acceptors (Lipinski definition) is 8. The molecule has 1 aliphatic heterocycles. The van der Waals surface area contributed by atoms with Crippen molar-refractivity contribution in [3.8, 4) is 0 Å². The number of nitrogens with zero attached hydrogens (tertiary/aromatic N) is 2. The minimum Gasteiger partial charge on any atom is -0.475 e. The number of nitro groups is 1. The van der Waals surface area contributed by atoms with Crippen molar-refractivity contribution in [2.45, 2.75) is 50.5 Å². The molecule has 8 N–H and O–H groups in total. The fraction of sp³-hybridized carbons (Fsp3) is 0.714. The number of hydrogen-bond donors (Lipinski definition) is 6. The second kappa shape index (κ2) is 12.5. The summed E-state index contributed by atoms with van der Waals surface area (Å²) < 4.78 is 31.7. The largest absolute Gasteiger partial charge is 0.490 e. The molecule has 13 nitrogen and oxygen atoms in total. The quantitative estimate of drug-likeness (QED) is 0.0818. The second-order valence-corrected chi connectivity index (χ2v) is 6.20. The molecule has 0 unspecified atom stereocenters. The average molecular weight is 443 g/mol. The van der Waals surface area contributed by atoms with Gasteiger partial charge in [-0.1, -0.05) is 5.43 Å². The van der Waals surface area contributed by atoms with Crippen LogP contribution in [-0.4, -0.2) is 71.1 Å². The van der Waals surface area contributed by atoms with Gasteiger partial charge in [-0.2, -0.15) is 13.2 Å². The van der Waals surface area contributed by atoms with E-state index >= 15 is 0 Å². The van der Waals surface area contributed by atoms with E-state index in [1.807, 2.05) is 0 Å². The normalized spacial score (nSPS) is 19.8. The van der Waals surface area contributed by atoms with Gasteiger partial charge in [0.1, 0.15) is 5.78 Å². The molecule has 172 valence electrons. The highest BCUT2D eigenvalue weighted by molar-refractivity contribution is 5.83. The zero-order valence-electron chi connectivity index (χ0n) is 15.9. The number of Topliss-reactive ketones (excluding diaryl/α,β-unsaturated/α-hetero) is 1. The van der Waals surface area contributed by atoms with Gasteiger partial charge < -0.3 is 27.2 Å². The lowest BCUT2D eigenvalue weighted by molar-refractivity contribution is -0.525. The Balaban J connectivity index is 0.00000103. The number of alkyl halides is 3. The Kier molecular flexibility index (Phi) is 11.3. The summed E-state index contributed by atoms with van der Waals surface area (Å²) in [5.41, 5.74) is 12.8. The molecule has 1 heterocycles. The van der Waals surface area contributed by atoms with E-state index in [9.17, 15) is 32.9 Å². The predicted molar refractivity (Wildman–Crippen MR) is 96.5 cm³/mol. The zero-order valence-corrected chi connectivity index (χ0v) is 15.9. The number of hydrazine groups is 1. The minimum atomic E-state index is -5.08. The van der Waals surface area contributed by atoms with E-state index < -0.39 is 23.2 Å². The van der Waals surface area contributed by atoms with Crippen LogP contribution in [0.15, 0.2) is 4.99 Å². The second-order valence-electron chi connectivity index (χ2n) is 6.20. The number of halogens is 3. The Labute approximate surface area is 168 Å². The molecular formula is C14H24F3N7O6. The van der Waals surface area contributed by atoms with Crippen LogP contribution in [0.1, 0.15) is 26.2 Å². The topological polar surface area (TPSA) is 215 Å². The highest BCUT2D eigenvalue weighted by atomic mass is 19.4. The van der Waals surface area contributed by atoms with E-state index in [4.69, 9.17) is 21.4 Å². The number of carbonyl (C=O) groups excluding carboxylic acids is 2. The van der Waals surface area contributed by atoms with Crippen molar-refractivity contribution in [1.82, 2.24) is 16.1 Å². The molecular weight excluding hydrogens is 419 g/mol. The molecule has 1 rings (SSSR count). The molecule has 1 saturated heterocycles. The van der Waals surface area contributed by atoms with E-state index in [2.05, 4.69) is 15.6 Å². The number of carbonyl (C=O) groups is 3. The number of rotatable bonds is 8. The van der Waals surface area contributed by atoms with Crippen molar-refractivity contribution in [1.29, 1.82) is 0 Å². The van der Waals surface area contributed by atoms with E-state index in [0.717, 1.165) is 0 Å². The Morgan fingerprint density at radius 1 is 1.40 bits per heavy atom. The van der Waals surface area contributed by atoms with Crippen molar-refractivity contribution in [3.63, 3.8) is 0 Å². The number of amides is 1. The molecule has 0 bridgehead atoms. The smallest absolute Gasteiger partial charge is 0.475 e. The van der Waals surface area contributed by atoms with Gasteiger partial charge in [-0.15, -0.1) is 0 Å². The number of guanidine groups is 1. The van der Waals surface area contributed by atoms with Crippen LogP contribution in [0.3, 0.4) is 0 Å². The van der Waals surface area contributed by atoms with Crippen LogP contribution >= 0.6 is 0 Å². The predicted octanol–water partition coefficient (Wildman–Crippen LogP) is -1.74. The van der Waals surface area contributed by atoms with Crippen LogP contribution in [-0.2, 0) is 14.4 Å². The summed E-state index contributed by atoms with van der Waals surface area (Å²) in [6.07, 6.45) is -3.69. The maximum absolute atomic E-state index is 11.9. The lowest BCUT2D eigenvalue weighted by atomic mass is 10.1. The van der Waals surface area contributed by atoms with Crippen molar-refractivity contribution < 1.29 is 37.7 Å². The van der Waals surface area contributed by atoms with Crippen molar-refractivity contribution >= 4 is 23.6 Å². The molecule has 0 aromatic heterocycles. The molecule has 1 aliphatic rings. The first kappa shape index (κ1) is 27.0. The number of carboxylic acid groups (broad SMARTS) is 1. The van der Waals surface area contributed by atoms with Gasteiger partial charge in [0.05, 0.1) is 12.1 Å². The summed E-state index contributed by atoms with van der Waals surface area (Å²) in [4.78, 5) is 45.9. The molecule has 0 aliphatic carbocycles. The van der Waals surface area contributed by atoms with Crippen LogP contribution in [0.2, 0.25) is 0 Å². The Bertz CT molecular complexity index is 658. The maximum atomic E-state index is 11.9. The van der Waals surface area contributed by atoms with Gasteiger partial charge >= 0.3 is 12.1 Å². The first-order valence-electron chi connectivity index (χ1n) is 8.54. The molecule has 3 atom stereocenters. The summed E-state index contributed by atoms with van der Waals surface area (Å²) in [7, 11) is 0. The molecule has 30 heavy (non-hydrogen) atoms. The number of ketones is 1. The van der Waals surface area contributed by atoms with Gasteiger partial charge in [-0.05, 0) is 26.2 Å². The van der Waals surface area contributed by atoms with Crippen molar-refractivity contribution in [2.24, 2.45) is 16.5 Å². The van der Waals surface area contributed by atoms with Crippen LogP contribution < -0.4 is 27.5 Å². The number of nitrogens with two attached hydrogens (primary N) is 2. The number of carboxylic acids is 1. The van der Waals surface area contributed by atoms with Crippen LogP contribution in [0.4, 0.5) is 13.2 Å². The molecule has 1 fully saturated rings. The SMILES string of the molecule is CC(=O)[C@@H]1C[C@@H](NC(=O)[C@@H](N)CCCN=C(N)N[N+](=O)[O-])CN1.O=C(O)C(F)(F)F. The van der Waals surface area contributed by atoms with E-state index in [1.54, 1.807) is 5.43 Å². The maximum Gasteiger partial charge on any atom is 0.490 e. The molecule has 0 saturated carbocycles. The highest BCUT2D eigenvalue weighted by Gasteiger charge is 2.38. The standard InChI is InChI=1S/C12H23N7O4.C2HF3O2/c1-7(20)10-5-8(6-16-10)17-11(21)9(13)3-2-4-15-12(14)18-19(22)23;3-2(4,5)1(6)7/h8-10,16H,2-6,13H2,1H3,(H,17,21)(H3,14,15,18);(H,6,7)/t8-,9+,10+;/m1./s1. The van der Waals surface area contributed by atoms with E-state index in [0.29, 0.717) is 25.8 Å². The first-order chi connectivity index (χ1) is 13.7. The summed E-state index contributed by atoms with van der Waals surface area (Å²) in [6.45, 7) is 2.27. The molecule has 0 spiro atoms. The molecule has 0 aromatic carbocycles. The number of aliphatic imine (C=N–C) groups is 1. The summed E-state index contributed by atoms with van der Waals surface area (Å²) in [5.74, 6) is -3.29. The summed E-state index contributed by atoms with van der Waals surface area (Å²) >= 11 is 0. The molecule has 0 aromatic rings. The molecule has 1 amide bonds. The van der Waals surface area contributed by atoms with Crippen LogP contribution in [0, 0.1) is 10.1 Å². The van der Waals surface area contributed by atoms with Gasteiger partial charge in [-0.3, -0.25) is 9.59 Å². The fourth-order valence-corrected chi connectivity index (χ4v) is 2.23. The Morgan fingerprint density at radius 3 is 2.40 bits per heavy atom. The third-order valence-corrected chi connectivity index (χ3v) is 3.71.